The molecule has 0 heterocycles. The van der Waals surface area contributed by atoms with Gasteiger partial charge in [0.1, 0.15) is 0 Å². The quantitative estimate of drug-likeness (QED) is 0.618. The van der Waals surface area contributed by atoms with Gasteiger partial charge in [0, 0.05) is 51.7 Å². The Morgan fingerprint density at radius 3 is 1.57 bits per heavy atom. The fourth-order valence-electron chi connectivity index (χ4n) is 1.57. The molecule has 0 aromatic rings. The second-order valence-corrected chi connectivity index (χ2v) is 4.07. The molecular weight excluding hydrogens is 176 g/mol. The molecule has 0 aromatic heterocycles. The van der Waals surface area contributed by atoms with Crippen molar-refractivity contribution in [3.8, 4) is 0 Å². The fourth-order valence-corrected chi connectivity index (χ4v) is 1.57. The zero-order valence-corrected chi connectivity index (χ0v) is 9.37. The van der Waals surface area contributed by atoms with Crippen LogP contribution in [0, 0.1) is 0 Å². The Morgan fingerprint density at radius 1 is 0.929 bits per heavy atom. The van der Waals surface area contributed by atoms with E-state index >= 15 is 0 Å². The summed E-state index contributed by atoms with van der Waals surface area (Å²) in [4.78, 5) is 15.6. The number of nitrogens with zero attached hydrogens (tertiary/aromatic N) is 2. The van der Waals surface area contributed by atoms with Gasteiger partial charge in [-0.1, -0.05) is 0 Å². The maximum atomic E-state index is 11.8. The van der Waals surface area contributed by atoms with Gasteiger partial charge in [0.2, 0.25) is 0 Å². The third-order valence-electron chi connectivity index (χ3n) is 2.08. The molecule has 0 saturated heterocycles. The van der Waals surface area contributed by atoms with Crippen molar-refractivity contribution >= 4 is 5.78 Å². The van der Waals surface area contributed by atoms with Gasteiger partial charge in [0.25, 0.3) is 0 Å². The fraction of sp³-hybridized carbons (Fsp3) is 0.545. The Kier molecular flexibility index (Phi) is 3.33. The highest BCUT2D eigenvalue weighted by atomic mass is 16.1. The molecule has 0 radical (unpaired) electrons. The molecule has 3 nitrogen and oxygen atoms in total. The van der Waals surface area contributed by atoms with Crippen LogP contribution in [0.2, 0.25) is 0 Å². The van der Waals surface area contributed by atoms with Crippen LogP contribution in [0.15, 0.2) is 23.5 Å². The van der Waals surface area contributed by atoms with Crippen LogP contribution in [-0.2, 0) is 4.79 Å². The zero-order valence-electron chi connectivity index (χ0n) is 9.37. The third-order valence-corrected chi connectivity index (χ3v) is 2.08. The van der Waals surface area contributed by atoms with Crippen molar-refractivity contribution in [3.63, 3.8) is 0 Å². The van der Waals surface area contributed by atoms with E-state index in [2.05, 4.69) is 0 Å². The Hall–Kier alpha value is -1.25. The van der Waals surface area contributed by atoms with Gasteiger partial charge in [0.05, 0.1) is 0 Å². The maximum Gasteiger partial charge on any atom is 0.187 e. The lowest BCUT2D eigenvalue weighted by Gasteiger charge is -2.06. The lowest BCUT2D eigenvalue weighted by Crippen LogP contribution is -2.08. The number of ketones is 1. The number of hydrogen-bond acceptors (Lipinski definition) is 3. The van der Waals surface area contributed by atoms with Crippen LogP contribution in [0.4, 0.5) is 0 Å². The molecule has 1 rings (SSSR count). The lowest BCUT2D eigenvalue weighted by molar-refractivity contribution is -0.111. The molecule has 0 aromatic carbocycles. The van der Waals surface area contributed by atoms with Gasteiger partial charge < -0.3 is 9.80 Å². The van der Waals surface area contributed by atoms with E-state index in [0.717, 1.165) is 24.0 Å². The molecule has 1 saturated carbocycles. The number of hydrogen-bond donors (Lipinski definition) is 0. The average Bonchev–Trinajstić information content (AvgIpc) is 2.34. The standard InChI is InChI=1S/C11H18N2O/c1-12(2)7-9-5-6-10(11(9)14)8-13(3)4/h7-8H,5-6H2,1-4H3/b9-7+,10-8+. The molecule has 0 unspecified atom stereocenters. The second kappa shape index (κ2) is 4.31. The van der Waals surface area contributed by atoms with E-state index in [0.29, 0.717) is 0 Å². The predicted molar refractivity (Wildman–Crippen MR) is 57.8 cm³/mol. The zero-order chi connectivity index (χ0) is 10.7. The van der Waals surface area contributed by atoms with E-state index in [1.807, 2.05) is 50.4 Å². The highest BCUT2D eigenvalue weighted by Crippen LogP contribution is 2.26. The summed E-state index contributed by atoms with van der Waals surface area (Å²) in [5, 5.41) is 0. The topological polar surface area (TPSA) is 23.6 Å². The molecule has 0 spiro atoms. The van der Waals surface area contributed by atoms with E-state index in [-0.39, 0.29) is 5.78 Å². The largest absolute Gasteiger partial charge is 0.383 e. The predicted octanol–water partition coefficient (Wildman–Crippen LogP) is 1.24. The Balaban J connectivity index is 2.79. The summed E-state index contributed by atoms with van der Waals surface area (Å²) in [5.74, 6) is 0.201. The van der Waals surface area contributed by atoms with Gasteiger partial charge in [-0.3, -0.25) is 4.79 Å². The van der Waals surface area contributed by atoms with Crippen LogP contribution in [-0.4, -0.2) is 43.8 Å². The van der Waals surface area contributed by atoms with Crippen LogP contribution >= 0.6 is 0 Å². The van der Waals surface area contributed by atoms with Gasteiger partial charge in [-0.25, -0.2) is 0 Å². The van der Waals surface area contributed by atoms with Crippen LogP contribution in [0.1, 0.15) is 12.8 Å². The van der Waals surface area contributed by atoms with Gasteiger partial charge in [-0.15, -0.1) is 0 Å². The molecular formula is C11H18N2O. The molecule has 3 heteroatoms. The lowest BCUT2D eigenvalue weighted by atomic mass is 10.2. The molecule has 0 N–H and O–H groups in total. The molecule has 1 aliphatic rings. The van der Waals surface area contributed by atoms with Crippen molar-refractivity contribution in [2.24, 2.45) is 0 Å². The van der Waals surface area contributed by atoms with Crippen LogP contribution < -0.4 is 0 Å². The van der Waals surface area contributed by atoms with E-state index in [9.17, 15) is 4.79 Å². The highest BCUT2D eigenvalue weighted by Gasteiger charge is 2.23. The van der Waals surface area contributed by atoms with E-state index in [4.69, 9.17) is 0 Å². The molecule has 0 aliphatic heterocycles. The Morgan fingerprint density at radius 2 is 1.29 bits per heavy atom. The minimum atomic E-state index is 0.201. The Labute approximate surface area is 85.7 Å². The van der Waals surface area contributed by atoms with E-state index in [1.165, 1.54) is 0 Å². The first-order valence-electron chi connectivity index (χ1n) is 4.79. The first kappa shape index (κ1) is 10.8. The molecule has 14 heavy (non-hydrogen) atoms. The molecule has 1 aliphatic carbocycles. The third kappa shape index (κ3) is 2.62. The summed E-state index contributed by atoms with van der Waals surface area (Å²) in [5.41, 5.74) is 1.84. The number of allylic oxidation sites excluding steroid dienone is 2. The number of carbonyl (C=O) groups is 1. The van der Waals surface area contributed by atoms with Crippen molar-refractivity contribution in [1.82, 2.24) is 9.80 Å². The highest BCUT2D eigenvalue weighted by molar-refractivity contribution is 6.10. The van der Waals surface area contributed by atoms with Gasteiger partial charge in [0.15, 0.2) is 5.78 Å². The smallest absolute Gasteiger partial charge is 0.187 e. The van der Waals surface area contributed by atoms with Crippen molar-refractivity contribution < 1.29 is 4.79 Å². The van der Waals surface area contributed by atoms with Crippen molar-refractivity contribution in [2.75, 3.05) is 28.2 Å². The number of carbonyl (C=O) groups excluding carboxylic acids is 1. The van der Waals surface area contributed by atoms with Crippen molar-refractivity contribution in [2.45, 2.75) is 12.8 Å². The summed E-state index contributed by atoms with van der Waals surface area (Å²) in [7, 11) is 7.75. The first-order chi connectivity index (χ1) is 6.50. The molecule has 0 atom stereocenters. The average molecular weight is 194 g/mol. The summed E-state index contributed by atoms with van der Waals surface area (Å²) in [6.45, 7) is 0. The van der Waals surface area contributed by atoms with Gasteiger partial charge in [-0.2, -0.15) is 0 Å². The number of Topliss-reactive ketones (excluding diaryl/α,β-unsaturated/α-hetero) is 1. The van der Waals surface area contributed by atoms with Crippen LogP contribution in [0.3, 0.4) is 0 Å². The van der Waals surface area contributed by atoms with Crippen LogP contribution in [0.25, 0.3) is 0 Å². The summed E-state index contributed by atoms with van der Waals surface area (Å²) < 4.78 is 0. The van der Waals surface area contributed by atoms with Crippen LogP contribution in [0.5, 0.6) is 0 Å². The van der Waals surface area contributed by atoms with Crippen molar-refractivity contribution in [3.05, 3.63) is 23.5 Å². The maximum absolute atomic E-state index is 11.8. The summed E-state index contributed by atoms with van der Waals surface area (Å²) >= 11 is 0. The Bertz CT molecular complexity index is 260. The summed E-state index contributed by atoms with van der Waals surface area (Å²) in [6.07, 6.45) is 5.57. The number of rotatable bonds is 2. The first-order valence-corrected chi connectivity index (χ1v) is 4.79. The summed E-state index contributed by atoms with van der Waals surface area (Å²) in [6, 6.07) is 0. The monoisotopic (exact) mass is 194 g/mol. The minimum Gasteiger partial charge on any atom is -0.383 e. The molecule has 0 amide bonds. The van der Waals surface area contributed by atoms with E-state index < -0.39 is 0 Å². The SMILES string of the molecule is CN(C)/C=C1\CC/C(=C\N(C)C)C1=O. The van der Waals surface area contributed by atoms with E-state index in [1.54, 1.807) is 0 Å². The second-order valence-electron chi connectivity index (χ2n) is 4.07. The minimum absolute atomic E-state index is 0.201. The molecule has 1 fully saturated rings. The molecule has 78 valence electrons. The normalized spacial score (nSPS) is 22.1. The van der Waals surface area contributed by atoms with Gasteiger partial charge >= 0.3 is 0 Å². The van der Waals surface area contributed by atoms with Crippen molar-refractivity contribution in [1.29, 1.82) is 0 Å². The van der Waals surface area contributed by atoms with Gasteiger partial charge in [-0.05, 0) is 12.8 Å². The molecule has 0 bridgehead atoms.